The van der Waals surface area contributed by atoms with Gasteiger partial charge in [0, 0.05) is 41.8 Å². The summed E-state index contributed by atoms with van der Waals surface area (Å²) in [7, 11) is 0. The van der Waals surface area contributed by atoms with Crippen LogP contribution in [-0.2, 0) is 6.54 Å². The Bertz CT molecular complexity index is 504. The molecular weight excluding hydrogens is 256 g/mol. The fraction of sp³-hybridized carbons (Fsp3) is 0.364. The fourth-order valence-corrected chi connectivity index (χ4v) is 2.75. The van der Waals surface area contributed by atoms with Gasteiger partial charge in [0.15, 0.2) is 0 Å². The van der Waals surface area contributed by atoms with Gasteiger partial charge in [-0.2, -0.15) is 0 Å². The highest BCUT2D eigenvalue weighted by atomic mass is 79.9. The number of pyridine rings is 1. The smallest absolute Gasteiger partial charge is 0.252 e. The molecule has 3 rings (SSSR count). The molecule has 1 aromatic heterocycles. The largest absolute Gasteiger partial charge is 0.312 e. The SMILES string of the molecule is O=c1cc(Br)cc2n1CC1C=C2CNC1. The standard InChI is InChI=1S/C11H11BrN2O/c12-9-2-10-8-1-7(4-13-5-8)6-14(10)11(15)3-9/h1-3,7,13H,4-6H2. The Balaban J connectivity index is 2.24. The second-order valence-electron chi connectivity index (χ2n) is 4.09. The van der Waals surface area contributed by atoms with Gasteiger partial charge in [-0.1, -0.05) is 22.0 Å². The predicted molar refractivity (Wildman–Crippen MR) is 62.7 cm³/mol. The van der Waals surface area contributed by atoms with Crippen LogP contribution in [0.3, 0.4) is 0 Å². The first-order valence-corrected chi connectivity index (χ1v) is 5.85. The average molecular weight is 267 g/mol. The van der Waals surface area contributed by atoms with E-state index in [1.807, 2.05) is 10.6 Å². The van der Waals surface area contributed by atoms with Gasteiger partial charge in [-0.15, -0.1) is 0 Å². The van der Waals surface area contributed by atoms with Crippen molar-refractivity contribution in [3.63, 3.8) is 0 Å². The first kappa shape index (κ1) is 9.36. The molecule has 1 N–H and O–H groups in total. The van der Waals surface area contributed by atoms with Gasteiger partial charge >= 0.3 is 0 Å². The normalized spacial score (nSPS) is 23.3. The molecule has 0 radical (unpaired) electrons. The number of nitrogens with zero attached hydrogens (tertiary/aromatic N) is 1. The lowest BCUT2D eigenvalue weighted by atomic mass is 9.95. The summed E-state index contributed by atoms with van der Waals surface area (Å²) < 4.78 is 2.75. The molecule has 78 valence electrons. The quantitative estimate of drug-likeness (QED) is 0.767. The molecule has 1 unspecified atom stereocenters. The zero-order valence-corrected chi connectivity index (χ0v) is 9.75. The number of nitrogens with one attached hydrogen (secondary N) is 1. The predicted octanol–water partition coefficient (Wildman–Crippen LogP) is 1.23. The minimum absolute atomic E-state index is 0.0943. The van der Waals surface area contributed by atoms with Gasteiger partial charge in [-0.05, 0) is 11.6 Å². The number of fused-ring (bicyclic) bond motifs is 3. The van der Waals surface area contributed by atoms with Crippen molar-refractivity contribution in [1.82, 2.24) is 9.88 Å². The third kappa shape index (κ3) is 1.48. The second-order valence-corrected chi connectivity index (χ2v) is 5.01. The van der Waals surface area contributed by atoms with Crippen molar-refractivity contribution in [2.45, 2.75) is 6.54 Å². The maximum Gasteiger partial charge on any atom is 0.252 e. The minimum Gasteiger partial charge on any atom is -0.312 e. The van der Waals surface area contributed by atoms with Crippen molar-refractivity contribution in [1.29, 1.82) is 0 Å². The monoisotopic (exact) mass is 266 g/mol. The summed E-state index contributed by atoms with van der Waals surface area (Å²) in [5.41, 5.74) is 2.39. The third-order valence-corrected chi connectivity index (χ3v) is 3.46. The van der Waals surface area contributed by atoms with Crippen molar-refractivity contribution in [3.05, 3.63) is 38.7 Å². The van der Waals surface area contributed by atoms with E-state index in [9.17, 15) is 4.79 Å². The molecule has 0 saturated carbocycles. The number of rotatable bonds is 0. The molecule has 3 nitrogen and oxygen atoms in total. The van der Waals surface area contributed by atoms with Crippen LogP contribution in [0.5, 0.6) is 0 Å². The minimum atomic E-state index is 0.0943. The fourth-order valence-electron chi connectivity index (χ4n) is 2.34. The lowest BCUT2D eigenvalue weighted by Gasteiger charge is -2.30. The van der Waals surface area contributed by atoms with E-state index in [1.54, 1.807) is 6.07 Å². The Labute approximate surface area is 95.9 Å². The van der Waals surface area contributed by atoms with E-state index in [4.69, 9.17) is 0 Å². The molecule has 15 heavy (non-hydrogen) atoms. The summed E-state index contributed by atoms with van der Waals surface area (Å²) in [4.78, 5) is 11.8. The van der Waals surface area contributed by atoms with Crippen LogP contribution in [0.25, 0.3) is 5.57 Å². The summed E-state index contributed by atoms with van der Waals surface area (Å²) in [6, 6.07) is 3.66. The number of aromatic nitrogens is 1. The Morgan fingerprint density at radius 1 is 1.47 bits per heavy atom. The maximum atomic E-state index is 11.8. The molecule has 4 heteroatoms. The van der Waals surface area contributed by atoms with Crippen molar-refractivity contribution in [2.24, 2.45) is 5.92 Å². The second kappa shape index (κ2) is 3.32. The highest BCUT2D eigenvalue weighted by Crippen LogP contribution is 2.26. The van der Waals surface area contributed by atoms with E-state index in [2.05, 4.69) is 27.3 Å². The molecule has 0 fully saturated rings. The molecule has 2 bridgehead atoms. The molecule has 0 saturated heterocycles. The summed E-state index contributed by atoms with van der Waals surface area (Å²) in [5, 5.41) is 3.37. The van der Waals surface area contributed by atoms with Crippen LogP contribution < -0.4 is 10.9 Å². The van der Waals surface area contributed by atoms with E-state index in [-0.39, 0.29) is 5.56 Å². The highest BCUT2D eigenvalue weighted by molar-refractivity contribution is 9.10. The Kier molecular flexibility index (Phi) is 2.07. The molecule has 2 aliphatic rings. The summed E-state index contributed by atoms with van der Waals surface area (Å²) in [5.74, 6) is 0.472. The molecule has 0 amide bonds. The lowest BCUT2D eigenvalue weighted by Crippen LogP contribution is -2.39. The van der Waals surface area contributed by atoms with E-state index < -0.39 is 0 Å². The Morgan fingerprint density at radius 3 is 3.20 bits per heavy atom. The zero-order chi connectivity index (χ0) is 10.4. The summed E-state index contributed by atoms with van der Waals surface area (Å²) in [6.45, 7) is 2.65. The van der Waals surface area contributed by atoms with Crippen LogP contribution >= 0.6 is 15.9 Å². The maximum absolute atomic E-state index is 11.8. The van der Waals surface area contributed by atoms with Crippen LogP contribution in [0, 0.1) is 5.92 Å². The lowest BCUT2D eigenvalue weighted by molar-refractivity contribution is 0.454. The molecule has 1 aromatic rings. The molecule has 0 spiro atoms. The van der Waals surface area contributed by atoms with E-state index >= 15 is 0 Å². The van der Waals surface area contributed by atoms with Crippen LogP contribution in [0.15, 0.2) is 27.5 Å². The van der Waals surface area contributed by atoms with Gasteiger partial charge in [0.25, 0.3) is 5.56 Å². The van der Waals surface area contributed by atoms with Crippen molar-refractivity contribution in [2.75, 3.05) is 13.1 Å². The highest BCUT2D eigenvalue weighted by Gasteiger charge is 2.23. The summed E-state index contributed by atoms with van der Waals surface area (Å²) >= 11 is 3.37. The zero-order valence-electron chi connectivity index (χ0n) is 8.16. The van der Waals surface area contributed by atoms with E-state index in [0.29, 0.717) is 5.92 Å². The van der Waals surface area contributed by atoms with Crippen LogP contribution in [0.2, 0.25) is 0 Å². The van der Waals surface area contributed by atoms with Crippen molar-refractivity contribution in [3.8, 4) is 0 Å². The Hall–Kier alpha value is -0.870. The van der Waals surface area contributed by atoms with Crippen LogP contribution in [0.1, 0.15) is 5.69 Å². The van der Waals surface area contributed by atoms with Crippen LogP contribution in [-0.4, -0.2) is 17.7 Å². The van der Waals surface area contributed by atoms with Gasteiger partial charge in [-0.25, -0.2) is 0 Å². The summed E-state index contributed by atoms with van der Waals surface area (Å²) in [6.07, 6.45) is 2.29. The van der Waals surface area contributed by atoms with Gasteiger partial charge in [0.1, 0.15) is 0 Å². The van der Waals surface area contributed by atoms with Gasteiger partial charge in [-0.3, -0.25) is 4.79 Å². The third-order valence-electron chi connectivity index (χ3n) is 3.00. The first-order chi connectivity index (χ1) is 7.24. The van der Waals surface area contributed by atoms with E-state index in [0.717, 1.165) is 29.8 Å². The molecular formula is C11H11BrN2O. The number of hydrogen-bond acceptors (Lipinski definition) is 2. The van der Waals surface area contributed by atoms with Gasteiger partial charge in [0.2, 0.25) is 0 Å². The van der Waals surface area contributed by atoms with Crippen molar-refractivity contribution >= 4 is 21.5 Å². The van der Waals surface area contributed by atoms with Crippen molar-refractivity contribution < 1.29 is 0 Å². The molecule has 0 aromatic carbocycles. The molecule has 2 aliphatic heterocycles. The van der Waals surface area contributed by atoms with E-state index in [1.165, 1.54) is 5.57 Å². The van der Waals surface area contributed by atoms with Crippen LogP contribution in [0.4, 0.5) is 0 Å². The first-order valence-electron chi connectivity index (χ1n) is 5.06. The molecule has 0 aliphatic carbocycles. The molecule has 1 atom stereocenters. The number of halogens is 1. The van der Waals surface area contributed by atoms with Gasteiger partial charge < -0.3 is 9.88 Å². The molecule has 3 heterocycles. The average Bonchev–Trinajstić information content (AvgIpc) is 2.21. The Morgan fingerprint density at radius 2 is 2.33 bits per heavy atom. The topological polar surface area (TPSA) is 34.0 Å². The number of hydrogen-bond donors (Lipinski definition) is 1. The van der Waals surface area contributed by atoms with Gasteiger partial charge in [0.05, 0.1) is 0 Å².